The van der Waals surface area contributed by atoms with Crippen molar-refractivity contribution in [1.29, 1.82) is 0 Å². The molecule has 0 radical (unpaired) electrons. The zero-order valence-corrected chi connectivity index (χ0v) is 13.8. The number of rotatable bonds is 2. The number of ether oxygens (including phenoxy) is 1. The van der Waals surface area contributed by atoms with Gasteiger partial charge in [0.2, 0.25) is 0 Å². The van der Waals surface area contributed by atoms with E-state index in [1.54, 1.807) is 0 Å². The van der Waals surface area contributed by atoms with Gasteiger partial charge in [0.05, 0.1) is 17.8 Å². The van der Waals surface area contributed by atoms with Crippen molar-refractivity contribution in [3.8, 4) is 5.75 Å². The number of fused-ring (bicyclic) bond motifs is 1. The average molecular weight is 323 g/mol. The van der Waals surface area contributed by atoms with Gasteiger partial charge in [0.25, 0.3) is 5.91 Å². The number of carbonyl (C=O) groups excluding carboxylic acids is 1. The van der Waals surface area contributed by atoms with Crippen LogP contribution in [0.4, 0.5) is 0 Å². The molecule has 1 saturated heterocycles. The van der Waals surface area contributed by atoms with Gasteiger partial charge in [0.15, 0.2) is 0 Å². The highest BCUT2D eigenvalue weighted by Gasteiger charge is 2.28. The van der Waals surface area contributed by atoms with E-state index in [0.717, 1.165) is 41.8 Å². The predicted octanol–water partition coefficient (Wildman–Crippen LogP) is 2.83. The van der Waals surface area contributed by atoms with Gasteiger partial charge in [-0.3, -0.25) is 9.48 Å². The number of carbonyl (C=O) groups is 1. The molecule has 2 aliphatic heterocycles. The third kappa shape index (κ3) is 2.82. The lowest BCUT2D eigenvalue weighted by molar-refractivity contribution is -0.129. The van der Waals surface area contributed by atoms with Crippen molar-refractivity contribution in [3.63, 3.8) is 0 Å². The summed E-state index contributed by atoms with van der Waals surface area (Å²) in [4.78, 5) is 14.8. The van der Waals surface area contributed by atoms with Gasteiger partial charge >= 0.3 is 0 Å². The first-order chi connectivity index (χ1) is 11.7. The van der Waals surface area contributed by atoms with Gasteiger partial charge in [-0.15, -0.1) is 0 Å². The monoisotopic (exact) mass is 323 g/mol. The topological polar surface area (TPSA) is 47.4 Å². The first-order valence-electron chi connectivity index (χ1n) is 8.43. The number of para-hydroxylation sites is 1. The largest absolute Gasteiger partial charge is 0.488 e. The Labute approximate surface area is 141 Å². The fraction of sp³-hybridized carbons (Fsp3) is 0.368. The molecule has 0 saturated carbocycles. The van der Waals surface area contributed by atoms with E-state index in [1.807, 2.05) is 53.0 Å². The third-order valence-electron chi connectivity index (χ3n) is 4.70. The summed E-state index contributed by atoms with van der Waals surface area (Å²) in [7, 11) is 0. The lowest BCUT2D eigenvalue weighted by Crippen LogP contribution is -2.42. The van der Waals surface area contributed by atoms with Crippen LogP contribution in [-0.4, -0.2) is 40.3 Å². The minimum absolute atomic E-state index is 0.0816. The van der Waals surface area contributed by atoms with Crippen molar-refractivity contribution in [2.45, 2.75) is 25.8 Å². The molecule has 1 atom stereocenters. The molecule has 0 bridgehead atoms. The molecule has 2 aromatic rings. The van der Waals surface area contributed by atoms with Gasteiger partial charge in [-0.2, -0.15) is 5.10 Å². The normalized spacial score (nSPS) is 20.1. The van der Waals surface area contributed by atoms with E-state index in [9.17, 15) is 4.79 Å². The van der Waals surface area contributed by atoms with Crippen LogP contribution < -0.4 is 4.74 Å². The molecular formula is C19H21N3O2. The van der Waals surface area contributed by atoms with Crippen LogP contribution in [0.15, 0.2) is 42.2 Å². The number of amides is 1. The molecule has 3 heterocycles. The molecule has 1 aromatic carbocycles. The Morgan fingerprint density at radius 2 is 2.21 bits per heavy atom. The molecule has 124 valence electrons. The highest BCUT2D eigenvalue weighted by molar-refractivity contribution is 5.99. The maximum absolute atomic E-state index is 12.9. The molecule has 1 aromatic heterocycles. The quantitative estimate of drug-likeness (QED) is 0.854. The number of piperidine rings is 1. The molecule has 4 rings (SSSR count). The maximum Gasteiger partial charge on any atom is 0.253 e. The summed E-state index contributed by atoms with van der Waals surface area (Å²) >= 11 is 0. The smallest absolute Gasteiger partial charge is 0.253 e. The molecule has 1 unspecified atom stereocenters. The van der Waals surface area contributed by atoms with E-state index >= 15 is 0 Å². The number of benzene rings is 1. The summed E-state index contributed by atoms with van der Waals surface area (Å²) in [6, 6.07) is 8.08. The van der Waals surface area contributed by atoms with Gasteiger partial charge in [0, 0.05) is 24.8 Å². The van der Waals surface area contributed by atoms with E-state index < -0.39 is 0 Å². The Morgan fingerprint density at radius 1 is 1.33 bits per heavy atom. The van der Waals surface area contributed by atoms with Crippen molar-refractivity contribution >= 4 is 12.0 Å². The second kappa shape index (κ2) is 6.15. The number of hydrogen-bond acceptors (Lipinski definition) is 3. The van der Waals surface area contributed by atoms with Gasteiger partial charge in [0.1, 0.15) is 12.4 Å². The van der Waals surface area contributed by atoms with Crippen molar-refractivity contribution in [3.05, 3.63) is 53.4 Å². The molecule has 0 aliphatic carbocycles. The number of aromatic nitrogens is 2. The lowest BCUT2D eigenvalue weighted by atomic mass is 10.0. The maximum atomic E-state index is 12.9. The van der Waals surface area contributed by atoms with E-state index in [4.69, 9.17) is 4.74 Å². The first kappa shape index (κ1) is 15.0. The summed E-state index contributed by atoms with van der Waals surface area (Å²) in [5.74, 6) is 0.927. The Bertz CT molecular complexity index is 793. The SMILES string of the molecule is Cc1cnn(C2CCCN(C(=O)C3=Cc4ccccc4OC3)C2)c1. The summed E-state index contributed by atoms with van der Waals surface area (Å²) < 4.78 is 7.73. The van der Waals surface area contributed by atoms with Gasteiger partial charge in [-0.25, -0.2) is 0 Å². The van der Waals surface area contributed by atoms with Crippen LogP contribution in [0, 0.1) is 6.92 Å². The van der Waals surface area contributed by atoms with Crippen LogP contribution in [0.5, 0.6) is 5.75 Å². The number of aryl methyl sites for hydroxylation is 1. The molecule has 2 aliphatic rings. The summed E-state index contributed by atoms with van der Waals surface area (Å²) in [5, 5.41) is 4.41. The molecular weight excluding hydrogens is 302 g/mol. The number of hydrogen-bond donors (Lipinski definition) is 0. The van der Waals surface area contributed by atoms with Crippen LogP contribution in [0.25, 0.3) is 6.08 Å². The second-order valence-electron chi connectivity index (χ2n) is 6.54. The predicted molar refractivity (Wildman–Crippen MR) is 91.7 cm³/mol. The molecule has 24 heavy (non-hydrogen) atoms. The summed E-state index contributed by atoms with van der Waals surface area (Å²) in [6.07, 6.45) is 7.94. The highest BCUT2D eigenvalue weighted by Crippen LogP contribution is 2.28. The molecule has 1 amide bonds. The van der Waals surface area contributed by atoms with E-state index in [-0.39, 0.29) is 11.9 Å². The standard InChI is InChI=1S/C19H21N3O2/c1-14-10-20-22(11-14)17-6-4-8-21(12-17)19(23)16-9-15-5-2-3-7-18(15)24-13-16/h2-3,5,7,9-11,17H,4,6,8,12-13H2,1H3. The fourth-order valence-electron chi connectivity index (χ4n) is 3.43. The Morgan fingerprint density at radius 3 is 3.04 bits per heavy atom. The van der Waals surface area contributed by atoms with Crippen LogP contribution in [-0.2, 0) is 4.79 Å². The van der Waals surface area contributed by atoms with Crippen molar-refractivity contribution in [1.82, 2.24) is 14.7 Å². The van der Waals surface area contributed by atoms with Crippen LogP contribution in [0.1, 0.15) is 30.0 Å². The zero-order chi connectivity index (χ0) is 16.5. The van der Waals surface area contributed by atoms with Gasteiger partial charge < -0.3 is 9.64 Å². The first-order valence-corrected chi connectivity index (χ1v) is 8.43. The number of likely N-dealkylation sites (tertiary alicyclic amines) is 1. The van der Waals surface area contributed by atoms with E-state index in [2.05, 4.69) is 11.3 Å². The van der Waals surface area contributed by atoms with Crippen LogP contribution in [0.2, 0.25) is 0 Å². The van der Waals surface area contributed by atoms with E-state index in [0.29, 0.717) is 13.2 Å². The fourth-order valence-corrected chi connectivity index (χ4v) is 3.43. The van der Waals surface area contributed by atoms with Crippen LogP contribution >= 0.6 is 0 Å². The second-order valence-corrected chi connectivity index (χ2v) is 6.54. The van der Waals surface area contributed by atoms with Crippen molar-refractivity contribution in [2.75, 3.05) is 19.7 Å². The highest BCUT2D eigenvalue weighted by atomic mass is 16.5. The Kier molecular flexibility index (Phi) is 3.84. The molecule has 1 fully saturated rings. The Hall–Kier alpha value is -2.56. The van der Waals surface area contributed by atoms with Crippen molar-refractivity contribution < 1.29 is 9.53 Å². The third-order valence-corrected chi connectivity index (χ3v) is 4.70. The molecule has 5 nitrogen and oxygen atoms in total. The lowest BCUT2D eigenvalue weighted by Gasteiger charge is -2.34. The minimum Gasteiger partial charge on any atom is -0.488 e. The average Bonchev–Trinajstić information content (AvgIpc) is 3.07. The summed E-state index contributed by atoms with van der Waals surface area (Å²) in [6.45, 7) is 3.89. The number of nitrogens with zero attached hydrogens (tertiary/aromatic N) is 3. The molecule has 5 heteroatoms. The Balaban J connectivity index is 1.51. The van der Waals surface area contributed by atoms with Crippen molar-refractivity contribution in [2.24, 2.45) is 0 Å². The van der Waals surface area contributed by atoms with Gasteiger partial charge in [-0.1, -0.05) is 18.2 Å². The summed E-state index contributed by atoms with van der Waals surface area (Å²) in [5.41, 5.74) is 2.85. The zero-order valence-electron chi connectivity index (χ0n) is 13.8. The molecule has 0 N–H and O–H groups in total. The molecule has 0 spiro atoms. The minimum atomic E-state index is 0.0816. The van der Waals surface area contributed by atoms with Gasteiger partial charge in [-0.05, 0) is 37.5 Å². The van der Waals surface area contributed by atoms with E-state index in [1.165, 1.54) is 0 Å². The van der Waals surface area contributed by atoms with Crippen LogP contribution in [0.3, 0.4) is 0 Å².